The molecule has 2 aromatic heterocycles. The van der Waals surface area contributed by atoms with Crippen LogP contribution in [0.1, 0.15) is 12.1 Å². The summed E-state index contributed by atoms with van der Waals surface area (Å²) in [7, 11) is 0. The topological polar surface area (TPSA) is 40.7 Å². The summed E-state index contributed by atoms with van der Waals surface area (Å²) in [5.41, 5.74) is 3.52. The van der Waals surface area contributed by atoms with E-state index in [9.17, 15) is 0 Å². The molecule has 0 radical (unpaired) electrons. The fourth-order valence-electron chi connectivity index (χ4n) is 2.03. The molecule has 0 saturated heterocycles. The van der Waals surface area contributed by atoms with E-state index in [0.29, 0.717) is 0 Å². The Morgan fingerprint density at radius 1 is 1.38 bits per heavy atom. The molecule has 0 saturated carbocycles. The van der Waals surface area contributed by atoms with Crippen LogP contribution in [0.25, 0.3) is 16.6 Å². The first-order chi connectivity index (χ1) is 7.84. The molecule has 0 spiro atoms. The SMILES string of the molecule is Brc1ccnc2[nH]c(C3=CCNCC3)cc12. The Morgan fingerprint density at radius 3 is 3.06 bits per heavy atom. The zero-order valence-corrected chi connectivity index (χ0v) is 10.3. The Bertz CT molecular complexity index is 556. The molecule has 1 aliphatic heterocycles. The second kappa shape index (κ2) is 4.03. The highest BCUT2D eigenvalue weighted by Gasteiger charge is 2.10. The number of fused-ring (bicyclic) bond motifs is 1. The van der Waals surface area contributed by atoms with Gasteiger partial charge in [-0.1, -0.05) is 6.08 Å². The van der Waals surface area contributed by atoms with Gasteiger partial charge in [-0.25, -0.2) is 4.98 Å². The van der Waals surface area contributed by atoms with Gasteiger partial charge >= 0.3 is 0 Å². The standard InChI is InChI=1S/C12H12BrN3/c13-10-3-6-15-12-9(10)7-11(16-12)8-1-4-14-5-2-8/h1,3,6-7,14H,2,4-5H2,(H,15,16). The van der Waals surface area contributed by atoms with Crippen molar-refractivity contribution < 1.29 is 0 Å². The van der Waals surface area contributed by atoms with E-state index >= 15 is 0 Å². The lowest BCUT2D eigenvalue weighted by Gasteiger charge is -2.12. The molecule has 0 bridgehead atoms. The molecule has 3 rings (SSSR count). The van der Waals surface area contributed by atoms with Crippen molar-refractivity contribution in [1.82, 2.24) is 15.3 Å². The minimum Gasteiger partial charge on any atom is -0.339 e. The average Bonchev–Trinajstić information content (AvgIpc) is 2.76. The van der Waals surface area contributed by atoms with Gasteiger partial charge in [0.05, 0.1) is 0 Å². The van der Waals surface area contributed by atoms with Crippen molar-refractivity contribution in [1.29, 1.82) is 0 Å². The minimum atomic E-state index is 0.948. The maximum absolute atomic E-state index is 4.33. The van der Waals surface area contributed by atoms with Gasteiger partial charge in [0.2, 0.25) is 0 Å². The zero-order chi connectivity index (χ0) is 11.0. The van der Waals surface area contributed by atoms with Gasteiger partial charge in [-0.15, -0.1) is 0 Å². The van der Waals surface area contributed by atoms with E-state index in [-0.39, 0.29) is 0 Å². The minimum absolute atomic E-state index is 0.948. The summed E-state index contributed by atoms with van der Waals surface area (Å²) in [6.45, 7) is 2.01. The number of aromatic amines is 1. The summed E-state index contributed by atoms with van der Waals surface area (Å²) in [6.07, 6.45) is 5.12. The highest BCUT2D eigenvalue weighted by Crippen LogP contribution is 2.27. The predicted molar refractivity (Wildman–Crippen MR) is 69.3 cm³/mol. The summed E-state index contributed by atoms with van der Waals surface area (Å²) >= 11 is 3.54. The van der Waals surface area contributed by atoms with Gasteiger partial charge in [0.25, 0.3) is 0 Å². The molecule has 0 atom stereocenters. The van der Waals surface area contributed by atoms with E-state index in [1.807, 2.05) is 12.3 Å². The maximum atomic E-state index is 4.33. The summed E-state index contributed by atoms with van der Waals surface area (Å²) in [4.78, 5) is 7.70. The van der Waals surface area contributed by atoms with Crippen LogP contribution in [0.4, 0.5) is 0 Å². The van der Waals surface area contributed by atoms with Gasteiger partial charge in [-0.05, 0) is 46.6 Å². The van der Waals surface area contributed by atoms with E-state index in [1.165, 1.54) is 11.3 Å². The maximum Gasteiger partial charge on any atom is 0.138 e. The van der Waals surface area contributed by atoms with Crippen molar-refractivity contribution >= 4 is 32.5 Å². The van der Waals surface area contributed by atoms with Crippen LogP contribution in [0, 0.1) is 0 Å². The second-order valence-electron chi connectivity index (χ2n) is 3.92. The summed E-state index contributed by atoms with van der Waals surface area (Å²) in [5.74, 6) is 0. The fourth-order valence-corrected chi connectivity index (χ4v) is 2.46. The number of pyridine rings is 1. The summed E-state index contributed by atoms with van der Waals surface area (Å²) in [6, 6.07) is 4.14. The molecule has 2 N–H and O–H groups in total. The number of rotatable bonds is 1. The van der Waals surface area contributed by atoms with Gasteiger partial charge in [0.15, 0.2) is 0 Å². The van der Waals surface area contributed by atoms with Gasteiger partial charge < -0.3 is 10.3 Å². The number of halogens is 1. The largest absolute Gasteiger partial charge is 0.339 e. The molecule has 0 aromatic carbocycles. The lowest BCUT2D eigenvalue weighted by molar-refractivity contribution is 0.737. The molecule has 2 aromatic rings. The number of aromatic nitrogens is 2. The van der Waals surface area contributed by atoms with Crippen molar-refractivity contribution in [3.05, 3.63) is 34.6 Å². The van der Waals surface area contributed by atoms with Crippen LogP contribution in [0.15, 0.2) is 28.9 Å². The lowest BCUT2D eigenvalue weighted by atomic mass is 10.1. The molecule has 0 aliphatic carbocycles. The van der Waals surface area contributed by atoms with Gasteiger partial charge in [-0.2, -0.15) is 0 Å². The number of hydrogen-bond acceptors (Lipinski definition) is 2. The van der Waals surface area contributed by atoms with Crippen LogP contribution in [0.2, 0.25) is 0 Å². The molecule has 3 heterocycles. The lowest BCUT2D eigenvalue weighted by Crippen LogP contribution is -2.20. The number of H-pyrrole nitrogens is 1. The van der Waals surface area contributed by atoms with Crippen molar-refractivity contribution in [3.8, 4) is 0 Å². The highest BCUT2D eigenvalue weighted by molar-refractivity contribution is 9.10. The third-order valence-electron chi connectivity index (χ3n) is 2.89. The van der Waals surface area contributed by atoms with E-state index in [0.717, 1.165) is 35.0 Å². The fraction of sp³-hybridized carbons (Fsp3) is 0.250. The smallest absolute Gasteiger partial charge is 0.138 e. The van der Waals surface area contributed by atoms with E-state index in [1.54, 1.807) is 0 Å². The molecule has 0 unspecified atom stereocenters. The Morgan fingerprint density at radius 2 is 2.31 bits per heavy atom. The third kappa shape index (κ3) is 1.68. The van der Waals surface area contributed by atoms with Crippen LogP contribution in [-0.2, 0) is 0 Å². The molecule has 4 heteroatoms. The molecular formula is C12H12BrN3. The quantitative estimate of drug-likeness (QED) is 0.842. The highest BCUT2D eigenvalue weighted by atomic mass is 79.9. The van der Waals surface area contributed by atoms with Gasteiger partial charge in [0.1, 0.15) is 5.65 Å². The Kier molecular flexibility index (Phi) is 2.53. The van der Waals surface area contributed by atoms with Crippen LogP contribution in [0.3, 0.4) is 0 Å². The summed E-state index contributed by atoms with van der Waals surface area (Å²) < 4.78 is 1.09. The summed E-state index contributed by atoms with van der Waals surface area (Å²) in [5, 5.41) is 4.46. The monoisotopic (exact) mass is 277 g/mol. The zero-order valence-electron chi connectivity index (χ0n) is 8.76. The van der Waals surface area contributed by atoms with Crippen LogP contribution in [-0.4, -0.2) is 23.1 Å². The van der Waals surface area contributed by atoms with E-state index in [4.69, 9.17) is 0 Å². The van der Waals surface area contributed by atoms with Gasteiger partial charge in [-0.3, -0.25) is 0 Å². The van der Waals surface area contributed by atoms with Crippen LogP contribution >= 0.6 is 15.9 Å². The van der Waals surface area contributed by atoms with E-state index in [2.05, 4.69) is 43.4 Å². The predicted octanol–water partition coefficient (Wildman–Crippen LogP) is 2.70. The Labute approximate surface area is 102 Å². The molecule has 0 amide bonds. The first-order valence-corrected chi connectivity index (χ1v) is 6.17. The van der Waals surface area contributed by atoms with Crippen molar-refractivity contribution in [2.24, 2.45) is 0 Å². The van der Waals surface area contributed by atoms with Gasteiger partial charge in [0, 0.05) is 28.3 Å². The molecule has 82 valence electrons. The third-order valence-corrected chi connectivity index (χ3v) is 3.58. The van der Waals surface area contributed by atoms with Crippen LogP contribution in [0.5, 0.6) is 0 Å². The molecule has 3 nitrogen and oxygen atoms in total. The second-order valence-corrected chi connectivity index (χ2v) is 4.78. The normalized spacial score (nSPS) is 16.4. The van der Waals surface area contributed by atoms with Crippen molar-refractivity contribution in [3.63, 3.8) is 0 Å². The Balaban J connectivity index is 2.11. The first-order valence-electron chi connectivity index (χ1n) is 5.38. The number of hydrogen-bond donors (Lipinski definition) is 2. The first kappa shape index (κ1) is 10.1. The molecular weight excluding hydrogens is 266 g/mol. The van der Waals surface area contributed by atoms with Crippen molar-refractivity contribution in [2.75, 3.05) is 13.1 Å². The molecule has 16 heavy (non-hydrogen) atoms. The average molecular weight is 278 g/mol. The van der Waals surface area contributed by atoms with Crippen LogP contribution < -0.4 is 5.32 Å². The number of nitrogens with zero attached hydrogens (tertiary/aromatic N) is 1. The number of nitrogens with one attached hydrogen (secondary N) is 2. The molecule has 1 aliphatic rings. The molecule has 0 fully saturated rings. The van der Waals surface area contributed by atoms with Crippen molar-refractivity contribution in [2.45, 2.75) is 6.42 Å². The Hall–Kier alpha value is -1.13. The van der Waals surface area contributed by atoms with E-state index < -0.39 is 0 Å².